The number of benzene rings is 1. The molecule has 0 aliphatic rings. The van der Waals surface area contributed by atoms with E-state index in [1.165, 1.54) is 23.5 Å². The van der Waals surface area contributed by atoms with E-state index in [-0.39, 0.29) is 5.82 Å². The zero-order valence-electron chi connectivity index (χ0n) is 9.51. The van der Waals surface area contributed by atoms with Crippen LogP contribution >= 0.6 is 11.3 Å². The number of fused-ring (bicyclic) bond motifs is 1. The molecule has 0 bridgehead atoms. The average Bonchev–Trinajstić information content (AvgIpc) is 2.95. The molecule has 0 amide bonds. The summed E-state index contributed by atoms with van der Waals surface area (Å²) >= 11 is 1.52. The van der Waals surface area contributed by atoms with E-state index in [0.29, 0.717) is 13.0 Å². The predicted octanol–water partition coefficient (Wildman–Crippen LogP) is 1.98. The second kappa shape index (κ2) is 4.47. The standard InChI is InChI=1S/C12H11FN4S/c13-9-3-1-8(2-4-9)5-11-15-16-12-17(11)10(6-14)7-18-12/h1-4,7H,5-6,14H2. The zero-order valence-corrected chi connectivity index (χ0v) is 10.3. The summed E-state index contributed by atoms with van der Waals surface area (Å²) in [5.41, 5.74) is 7.68. The Morgan fingerprint density at radius 3 is 2.72 bits per heavy atom. The SMILES string of the molecule is NCc1csc2nnc(Cc3ccc(F)cc3)n12. The zero-order chi connectivity index (χ0) is 12.5. The number of rotatable bonds is 3. The molecule has 0 saturated carbocycles. The van der Waals surface area contributed by atoms with Crippen LogP contribution in [0.3, 0.4) is 0 Å². The Morgan fingerprint density at radius 2 is 2.00 bits per heavy atom. The fourth-order valence-electron chi connectivity index (χ4n) is 1.88. The molecule has 92 valence electrons. The van der Waals surface area contributed by atoms with E-state index in [1.54, 1.807) is 12.1 Å². The maximum atomic E-state index is 12.8. The molecule has 2 aromatic heterocycles. The van der Waals surface area contributed by atoms with Crippen molar-refractivity contribution in [2.75, 3.05) is 0 Å². The molecule has 0 unspecified atom stereocenters. The van der Waals surface area contributed by atoms with Gasteiger partial charge in [0, 0.05) is 18.3 Å². The normalized spacial score (nSPS) is 11.2. The van der Waals surface area contributed by atoms with Crippen LogP contribution in [0.25, 0.3) is 4.96 Å². The second-order valence-corrected chi connectivity index (χ2v) is 4.81. The lowest BCUT2D eigenvalue weighted by atomic mass is 10.1. The molecule has 18 heavy (non-hydrogen) atoms. The summed E-state index contributed by atoms with van der Waals surface area (Å²) in [6, 6.07) is 6.41. The minimum absolute atomic E-state index is 0.233. The minimum atomic E-state index is -0.233. The van der Waals surface area contributed by atoms with Crippen LogP contribution < -0.4 is 5.73 Å². The highest BCUT2D eigenvalue weighted by molar-refractivity contribution is 7.15. The quantitative estimate of drug-likeness (QED) is 0.785. The molecular weight excluding hydrogens is 251 g/mol. The first kappa shape index (κ1) is 11.3. The van der Waals surface area contributed by atoms with Crippen LogP contribution in [0.2, 0.25) is 0 Å². The molecule has 3 rings (SSSR count). The summed E-state index contributed by atoms with van der Waals surface area (Å²) in [5.74, 6) is 0.599. The minimum Gasteiger partial charge on any atom is -0.325 e. The highest BCUT2D eigenvalue weighted by atomic mass is 32.1. The third-order valence-electron chi connectivity index (χ3n) is 2.77. The summed E-state index contributed by atoms with van der Waals surface area (Å²) in [6.07, 6.45) is 0.616. The third kappa shape index (κ3) is 1.89. The van der Waals surface area contributed by atoms with Crippen LogP contribution in [-0.4, -0.2) is 14.6 Å². The first-order valence-electron chi connectivity index (χ1n) is 5.53. The van der Waals surface area contributed by atoms with Gasteiger partial charge in [0.2, 0.25) is 4.96 Å². The van der Waals surface area contributed by atoms with Crippen LogP contribution in [0.4, 0.5) is 4.39 Å². The van der Waals surface area contributed by atoms with Gasteiger partial charge in [-0.3, -0.25) is 4.40 Å². The molecular formula is C12H11FN4S. The first-order chi connectivity index (χ1) is 8.78. The van der Waals surface area contributed by atoms with Crippen molar-refractivity contribution < 1.29 is 4.39 Å². The molecule has 0 fully saturated rings. The van der Waals surface area contributed by atoms with Crippen molar-refractivity contribution in [2.45, 2.75) is 13.0 Å². The van der Waals surface area contributed by atoms with Gasteiger partial charge in [-0.1, -0.05) is 12.1 Å². The van der Waals surface area contributed by atoms with Crippen LogP contribution in [0.15, 0.2) is 29.6 Å². The van der Waals surface area contributed by atoms with Crippen LogP contribution in [0, 0.1) is 5.82 Å². The lowest BCUT2D eigenvalue weighted by molar-refractivity contribution is 0.627. The van der Waals surface area contributed by atoms with Gasteiger partial charge in [-0.05, 0) is 17.7 Å². The van der Waals surface area contributed by atoms with Gasteiger partial charge in [0.25, 0.3) is 0 Å². The van der Waals surface area contributed by atoms with Crippen molar-refractivity contribution in [1.29, 1.82) is 0 Å². The fourth-order valence-corrected chi connectivity index (χ4v) is 2.74. The molecule has 1 aromatic carbocycles. The molecule has 0 atom stereocenters. The van der Waals surface area contributed by atoms with Gasteiger partial charge in [0.1, 0.15) is 11.6 Å². The molecule has 4 nitrogen and oxygen atoms in total. The Hall–Kier alpha value is -1.79. The largest absolute Gasteiger partial charge is 0.325 e. The van der Waals surface area contributed by atoms with Crippen molar-refractivity contribution in [1.82, 2.24) is 14.6 Å². The van der Waals surface area contributed by atoms with Crippen LogP contribution in [0.1, 0.15) is 17.1 Å². The maximum absolute atomic E-state index is 12.8. The molecule has 6 heteroatoms. The van der Waals surface area contributed by atoms with E-state index in [2.05, 4.69) is 10.2 Å². The van der Waals surface area contributed by atoms with Gasteiger partial charge >= 0.3 is 0 Å². The summed E-state index contributed by atoms with van der Waals surface area (Å²) < 4.78 is 14.8. The monoisotopic (exact) mass is 262 g/mol. The van der Waals surface area contributed by atoms with E-state index in [4.69, 9.17) is 5.73 Å². The van der Waals surface area contributed by atoms with Crippen molar-refractivity contribution in [3.8, 4) is 0 Å². The average molecular weight is 262 g/mol. The molecule has 0 aliphatic heterocycles. The molecule has 2 heterocycles. The molecule has 2 N–H and O–H groups in total. The number of nitrogens with zero attached hydrogens (tertiary/aromatic N) is 3. The molecule has 0 spiro atoms. The Morgan fingerprint density at radius 1 is 1.22 bits per heavy atom. The van der Waals surface area contributed by atoms with Crippen molar-refractivity contribution in [3.63, 3.8) is 0 Å². The number of hydrogen-bond acceptors (Lipinski definition) is 4. The summed E-state index contributed by atoms with van der Waals surface area (Å²) in [5, 5.41) is 10.2. The Balaban J connectivity index is 1.99. The van der Waals surface area contributed by atoms with Crippen LogP contribution in [-0.2, 0) is 13.0 Å². The van der Waals surface area contributed by atoms with Crippen LogP contribution in [0.5, 0.6) is 0 Å². The Labute approximate surface area is 107 Å². The third-order valence-corrected chi connectivity index (χ3v) is 3.64. The van der Waals surface area contributed by atoms with Gasteiger partial charge in [-0.15, -0.1) is 21.5 Å². The van der Waals surface area contributed by atoms with E-state index in [9.17, 15) is 4.39 Å². The van der Waals surface area contributed by atoms with Crippen molar-refractivity contribution >= 4 is 16.3 Å². The maximum Gasteiger partial charge on any atom is 0.216 e. The topological polar surface area (TPSA) is 56.2 Å². The first-order valence-corrected chi connectivity index (χ1v) is 6.41. The van der Waals surface area contributed by atoms with Gasteiger partial charge in [0.15, 0.2) is 0 Å². The van der Waals surface area contributed by atoms with Gasteiger partial charge in [-0.25, -0.2) is 4.39 Å². The van der Waals surface area contributed by atoms with Gasteiger partial charge < -0.3 is 5.73 Å². The number of nitrogens with two attached hydrogens (primary N) is 1. The van der Waals surface area contributed by atoms with Crippen molar-refractivity contribution in [3.05, 3.63) is 52.5 Å². The molecule has 0 saturated heterocycles. The summed E-state index contributed by atoms with van der Waals surface area (Å²) in [7, 11) is 0. The van der Waals surface area contributed by atoms with E-state index in [1.807, 2.05) is 9.78 Å². The Kier molecular flexibility index (Phi) is 2.81. The Bertz CT molecular complexity index is 671. The highest BCUT2D eigenvalue weighted by Crippen LogP contribution is 2.18. The second-order valence-electron chi connectivity index (χ2n) is 3.97. The van der Waals surface area contributed by atoms with E-state index < -0.39 is 0 Å². The molecule has 0 radical (unpaired) electrons. The van der Waals surface area contributed by atoms with Gasteiger partial charge in [-0.2, -0.15) is 0 Å². The highest BCUT2D eigenvalue weighted by Gasteiger charge is 2.11. The number of aromatic nitrogens is 3. The smallest absolute Gasteiger partial charge is 0.216 e. The van der Waals surface area contributed by atoms with Crippen molar-refractivity contribution in [2.24, 2.45) is 5.73 Å². The summed E-state index contributed by atoms with van der Waals surface area (Å²) in [4.78, 5) is 0.840. The fraction of sp³-hybridized carbons (Fsp3) is 0.167. The summed E-state index contributed by atoms with van der Waals surface area (Å²) in [6.45, 7) is 0.453. The lowest BCUT2D eigenvalue weighted by Crippen LogP contribution is -2.04. The van der Waals surface area contributed by atoms with Gasteiger partial charge in [0.05, 0.1) is 5.69 Å². The predicted molar refractivity (Wildman–Crippen MR) is 68.0 cm³/mol. The number of hydrogen-bond donors (Lipinski definition) is 1. The van der Waals surface area contributed by atoms with E-state index in [0.717, 1.165) is 22.0 Å². The lowest BCUT2D eigenvalue weighted by Gasteiger charge is -2.01. The molecule has 3 aromatic rings. The number of thiazole rings is 1. The molecule has 0 aliphatic carbocycles. The number of halogens is 1. The van der Waals surface area contributed by atoms with E-state index >= 15 is 0 Å².